The Hall–Kier alpha value is -3.83. The fourth-order valence-electron chi connectivity index (χ4n) is 5.67. The van der Waals surface area contributed by atoms with Crippen LogP contribution in [0.15, 0.2) is 60.7 Å². The third-order valence-corrected chi connectivity index (χ3v) is 9.17. The monoisotopic (exact) mass is 697 g/mol. The average molecular weight is 699 g/mol. The molecular formula is C36H45Cl2N5O5. The maximum Gasteiger partial charge on any atom is 0.258 e. The highest BCUT2D eigenvalue weighted by molar-refractivity contribution is 6.42. The van der Waals surface area contributed by atoms with Gasteiger partial charge in [-0.05, 0) is 68.8 Å². The van der Waals surface area contributed by atoms with Gasteiger partial charge in [0.25, 0.3) is 5.91 Å². The van der Waals surface area contributed by atoms with Gasteiger partial charge in [0.2, 0.25) is 11.8 Å². The van der Waals surface area contributed by atoms with Gasteiger partial charge in [-0.2, -0.15) is 0 Å². The largest absolute Gasteiger partial charge is 0.486 e. The Bertz CT molecular complexity index is 1590. The highest BCUT2D eigenvalue weighted by Gasteiger charge is 2.34. The first-order valence-corrected chi connectivity index (χ1v) is 17.0. The number of aliphatic hydroxyl groups excluding tert-OH is 1. The number of nitrogens with zero attached hydrogens (tertiary/aromatic N) is 2. The molecule has 4 rings (SSSR count). The van der Waals surface area contributed by atoms with Crippen molar-refractivity contribution in [3.8, 4) is 5.75 Å². The van der Waals surface area contributed by atoms with Crippen molar-refractivity contribution in [2.24, 2.45) is 5.92 Å². The molecule has 1 aliphatic heterocycles. The van der Waals surface area contributed by atoms with E-state index in [2.05, 4.69) is 15.5 Å². The quantitative estimate of drug-likeness (QED) is 0.112. The number of ether oxygens (including phenoxy) is 1. The van der Waals surface area contributed by atoms with E-state index in [-0.39, 0.29) is 42.8 Å². The van der Waals surface area contributed by atoms with Crippen molar-refractivity contribution in [2.45, 2.75) is 64.6 Å². The summed E-state index contributed by atoms with van der Waals surface area (Å²) in [6.07, 6.45) is 2.10. The Morgan fingerprint density at radius 1 is 1.00 bits per heavy atom. The molecule has 0 aliphatic carbocycles. The predicted molar refractivity (Wildman–Crippen MR) is 192 cm³/mol. The van der Waals surface area contributed by atoms with E-state index in [1.807, 2.05) is 39.1 Å². The first-order chi connectivity index (χ1) is 23.0. The van der Waals surface area contributed by atoms with Gasteiger partial charge in [-0.25, -0.2) is 0 Å². The molecule has 3 amide bonds. The lowest BCUT2D eigenvalue weighted by molar-refractivity contribution is -0.116. The van der Waals surface area contributed by atoms with Crippen molar-refractivity contribution in [1.29, 1.82) is 0 Å². The molecule has 5 N–H and O–H groups in total. The normalized spacial score (nSPS) is 16.8. The number of fused-ring (bicyclic) bond motifs is 1. The first kappa shape index (κ1) is 37.0. The number of anilines is 3. The summed E-state index contributed by atoms with van der Waals surface area (Å²) in [7, 11) is 1.98. The Balaban J connectivity index is 1.42. The number of aliphatic hydroxyl groups is 1. The van der Waals surface area contributed by atoms with Gasteiger partial charge in [0.1, 0.15) is 6.10 Å². The SMILES string of the molecule is C[C@@H]1CN([C@@H](C)CO)C(=O)c2cccc(NC(=O)CCCCCC(=O)Nc3ccccc3N)c2O[C@@H]1CN(C)Cc1ccc(Cl)c(Cl)c1. The molecule has 0 aromatic heterocycles. The molecule has 3 aromatic rings. The summed E-state index contributed by atoms with van der Waals surface area (Å²) in [5.74, 6) is -0.412. The van der Waals surface area contributed by atoms with E-state index in [0.717, 1.165) is 5.56 Å². The highest BCUT2D eigenvalue weighted by atomic mass is 35.5. The molecule has 0 saturated carbocycles. The van der Waals surface area contributed by atoms with Crippen molar-refractivity contribution in [2.75, 3.05) is 43.1 Å². The topological polar surface area (TPSA) is 137 Å². The molecule has 10 nitrogen and oxygen atoms in total. The molecule has 3 atom stereocenters. The Morgan fingerprint density at radius 2 is 1.67 bits per heavy atom. The zero-order valence-corrected chi connectivity index (χ0v) is 29.2. The molecule has 12 heteroatoms. The van der Waals surface area contributed by atoms with Crippen molar-refractivity contribution in [3.05, 3.63) is 81.8 Å². The second-order valence-corrected chi connectivity index (χ2v) is 13.3. The molecule has 48 heavy (non-hydrogen) atoms. The number of benzene rings is 3. The molecule has 0 unspecified atom stereocenters. The van der Waals surface area contributed by atoms with E-state index in [4.69, 9.17) is 33.7 Å². The van der Waals surface area contributed by atoms with E-state index < -0.39 is 6.04 Å². The lowest BCUT2D eigenvalue weighted by Gasteiger charge is -2.38. The number of likely N-dealkylation sites (N-methyl/N-ethyl adjacent to an activating group) is 1. The predicted octanol–water partition coefficient (Wildman–Crippen LogP) is 6.46. The number of nitrogen functional groups attached to an aromatic ring is 1. The van der Waals surface area contributed by atoms with E-state index >= 15 is 0 Å². The number of nitrogens with two attached hydrogens (primary N) is 1. The van der Waals surface area contributed by atoms with Crippen LogP contribution < -0.4 is 21.1 Å². The van der Waals surface area contributed by atoms with E-state index in [9.17, 15) is 19.5 Å². The first-order valence-electron chi connectivity index (χ1n) is 16.2. The zero-order valence-electron chi connectivity index (χ0n) is 27.7. The second-order valence-electron chi connectivity index (χ2n) is 12.5. The maximum absolute atomic E-state index is 13.8. The average Bonchev–Trinajstić information content (AvgIpc) is 3.05. The van der Waals surface area contributed by atoms with Crippen LogP contribution in [0, 0.1) is 5.92 Å². The summed E-state index contributed by atoms with van der Waals surface area (Å²) < 4.78 is 6.62. The lowest BCUT2D eigenvalue weighted by atomic mass is 9.98. The van der Waals surface area contributed by atoms with Gasteiger partial charge in [0, 0.05) is 38.4 Å². The van der Waals surface area contributed by atoms with Gasteiger partial charge in [0.05, 0.1) is 45.3 Å². The number of halogens is 2. The summed E-state index contributed by atoms with van der Waals surface area (Å²) in [6, 6.07) is 17.3. The standard InChI is InChI=1S/C36H45Cl2N5O5/c1-23-19-43(24(2)22-44)36(47)26-10-9-13-31(35(26)48-32(23)21-42(3)20-25-16-17-27(37)28(38)18-25)41-34(46)15-6-4-5-14-33(45)40-30-12-8-7-11-29(30)39/h7-13,16-18,23-24,32,44H,4-6,14-15,19-22,39H2,1-3H3,(H,40,45)(H,41,46)/t23-,24+,32-/m1/s1. The van der Waals surface area contributed by atoms with Gasteiger partial charge in [0.15, 0.2) is 5.75 Å². The minimum absolute atomic E-state index is 0.105. The molecule has 0 spiro atoms. The molecule has 0 radical (unpaired) electrons. The minimum atomic E-state index is -0.411. The van der Waals surface area contributed by atoms with E-state index in [0.29, 0.717) is 83.7 Å². The van der Waals surface area contributed by atoms with Gasteiger partial charge < -0.3 is 31.1 Å². The summed E-state index contributed by atoms with van der Waals surface area (Å²) >= 11 is 12.4. The number of hydrogen-bond acceptors (Lipinski definition) is 7. The number of carbonyl (C=O) groups is 3. The molecule has 1 aliphatic rings. The van der Waals surface area contributed by atoms with Gasteiger partial charge in [-0.3, -0.25) is 19.3 Å². The number of nitrogens with one attached hydrogen (secondary N) is 2. The number of rotatable bonds is 14. The molecule has 0 fully saturated rings. The summed E-state index contributed by atoms with van der Waals surface area (Å²) in [5, 5.41) is 16.7. The van der Waals surface area contributed by atoms with Crippen LogP contribution >= 0.6 is 23.2 Å². The number of hydrogen-bond donors (Lipinski definition) is 4. The van der Waals surface area contributed by atoms with E-state index in [1.54, 1.807) is 47.4 Å². The summed E-state index contributed by atoms with van der Waals surface area (Å²) in [5.41, 5.74) is 8.72. The number of carbonyl (C=O) groups excluding carboxylic acids is 3. The second kappa shape index (κ2) is 17.5. The van der Waals surface area contributed by atoms with Crippen molar-refractivity contribution >= 4 is 58.0 Å². The van der Waals surface area contributed by atoms with Crippen LogP contribution in [0.3, 0.4) is 0 Å². The van der Waals surface area contributed by atoms with Crippen molar-refractivity contribution in [1.82, 2.24) is 9.80 Å². The smallest absolute Gasteiger partial charge is 0.258 e. The number of amides is 3. The molecule has 1 heterocycles. The van der Waals surface area contributed by atoms with Crippen LogP contribution in [0.1, 0.15) is 61.9 Å². The Morgan fingerprint density at radius 3 is 2.33 bits per heavy atom. The van der Waals surface area contributed by atoms with E-state index in [1.165, 1.54) is 0 Å². The number of unbranched alkanes of at least 4 members (excludes halogenated alkanes) is 2. The summed E-state index contributed by atoms with van der Waals surface area (Å²) in [6.45, 7) is 5.14. The minimum Gasteiger partial charge on any atom is -0.486 e. The highest BCUT2D eigenvalue weighted by Crippen LogP contribution is 2.35. The molecule has 0 saturated heterocycles. The van der Waals surface area contributed by atoms with Crippen molar-refractivity contribution < 1.29 is 24.2 Å². The molecule has 258 valence electrons. The van der Waals surface area contributed by atoms with Crippen LogP contribution in [0.25, 0.3) is 0 Å². The van der Waals surface area contributed by atoms with Crippen LogP contribution in [-0.4, -0.2) is 71.5 Å². The van der Waals surface area contributed by atoms with Gasteiger partial charge in [-0.1, -0.05) is 60.8 Å². The Labute approximate surface area is 292 Å². The molecule has 3 aromatic carbocycles. The van der Waals surface area contributed by atoms with Gasteiger partial charge >= 0.3 is 0 Å². The van der Waals surface area contributed by atoms with Crippen LogP contribution in [0.2, 0.25) is 10.0 Å². The van der Waals surface area contributed by atoms with Gasteiger partial charge in [-0.15, -0.1) is 0 Å². The zero-order chi connectivity index (χ0) is 34.8. The van der Waals surface area contributed by atoms with Crippen LogP contribution in [-0.2, 0) is 16.1 Å². The fourth-order valence-corrected chi connectivity index (χ4v) is 5.99. The van der Waals surface area contributed by atoms with Crippen LogP contribution in [0.4, 0.5) is 17.1 Å². The molecular weight excluding hydrogens is 653 g/mol. The fraction of sp³-hybridized carbons (Fsp3) is 0.417. The number of para-hydroxylation sites is 3. The summed E-state index contributed by atoms with van der Waals surface area (Å²) in [4.78, 5) is 43.0. The third kappa shape index (κ3) is 10.1. The third-order valence-electron chi connectivity index (χ3n) is 8.44. The maximum atomic E-state index is 13.8. The van der Waals surface area contributed by atoms with Crippen LogP contribution in [0.5, 0.6) is 5.75 Å². The Kier molecular flexibility index (Phi) is 13.5. The van der Waals surface area contributed by atoms with Crippen molar-refractivity contribution in [3.63, 3.8) is 0 Å². The molecule has 0 bridgehead atoms. The lowest BCUT2D eigenvalue weighted by Crippen LogP contribution is -2.49.